The van der Waals surface area contributed by atoms with Crippen molar-refractivity contribution in [3.05, 3.63) is 52.2 Å². The molecule has 0 radical (unpaired) electrons. The maximum atomic E-state index is 13.3. The zero-order valence-corrected chi connectivity index (χ0v) is 22.1. The standard InChI is InChI=1S/C26H33N5O6S/c1-17(20-9-10-21(38-20)24(27)28)30-25(34)19-14-26(36-12-13-37-26)16-31(19)23(33)15-29-22(32)8-5-11-35-18-6-3-2-4-7-18/h2-4,6-7,9-10,17,19H,5,8,11-16H2,1H3,(H3,27,28)(H,29,32)(H,30,34)/t17-,19?/m1/s1. The van der Waals surface area contributed by atoms with E-state index < -0.39 is 17.7 Å². The van der Waals surface area contributed by atoms with E-state index in [2.05, 4.69) is 10.6 Å². The molecule has 2 aromatic rings. The Labute approximate surface area is 225 Å². The number of nitrogen functional groups attached to an aromatic ring is 1. The summed E-state index contributed by atoms with van der Waals surface area (Å²) < 4.78 is 17.1. The molecule has 204 valence electrons. The summed E-state index contributed by atoms with van der Waals surface area (Å²) in [6, 6.07) is 11.7. The van der Waals surface area contributed by atoms with E-state index in [1.165, 1.54) is 16.2 Å². The minimum Gasteiger partial charge on any atom is -0.494 e. The van der Waals surface area contributed by atoms with Gasteiger partial charge in [-0.05, 0) is 37.6 Å². The van der Waals surface area contributed by atoms with Crippen molar-refractivity contribution in [2.45, 2.75) is 44.1 Å². The lowest BCUT2D eigenvalue weighted by molar-refractivity contribution is -0.152. The monoisotopic (exact) mass is 543 g/mol. The fraction of sp³-hybridized carbons (Fsp3) is 0.462. The van der Waals surface area contributed by atoms with Crippen LogP contribution in [-0.4, -0.2) is 73.2 Å². The first-order chi connectivity index (χ1) is 18.3. The summed E-state index contributed by atoms with van der Waals surface area (Å²) in [7, 11) is 0. The summed E-state index contributed by atoms with van der Waals surface area (Å²) in [6.07, 6.45) is 0.909. The Bertz CT molecular complexity index is 1150. The van der Waals surface area contributed by atoms with E-state index in [1.807, 2.05) is 43.3 Å². The molecule has 2 aliphatic heterocycles. The number of amidine groups is 1. The first-order valence-corrected chi connectivity index (χ1v) is 13.3. The maximum Gasteiger partial charge on any atom is 0.243 e. The minimum atomic E-state index is -1.02. The number of para-hydroxylation sites is 1. The number of nitrogens with two attached hydrogens (primary N) is 1. The zero-order chi connectivity index (χ0) is 27.1. The van der Waals surface area contributed by atoms with Gasteiger partial charge in [-0.2, -0.15) is 0 Å². The topological polar surface area (TPSA) is 156 Å². The van der Waals surface area contributed by atoms with Crippen LogP contribution < -0.4 is 21.1 Å². The molecule has 2 atom stereocenters. The highest BCUT2D eigenvalue weighted by atomic mass is 32.1. The van der Waals surface area contributed by atoms with Gasteiger partial charge < -0.3 is 35.5 Å². The number of ether oxygens (including phenoxy) is 3. The van der Waals surface area contributed by atoms with Crippen LogP contribution in [0.1, 0.15) is 42.0 Å². The molecule has 2 fully saturated rings. The molecule has 12 heteroatoms. The molecule has 5 N–H and O–H groups in total. The normalized spacial score (nSPS) is 18.8. The molecule has 38 heavy (non-hydrogen) atoms. The molecule has 1 spiro atoms. The van der Waals surface area contributed by atoms with E-state index in [-0.39, 0.29) is 49.6 Å². The molecule has 0 bridgehead atoms. The van der Waals surface area contributed by atoms with Crippen molar-refractivity contribution in [1.29, 1.82) is 5.41 Å². The van der Waals surface area contributed by atoms with Crippen molar-refractivity contribution < 1.29 is 28.6 Å². The summed E-state index contributed by atoms with van der Waals surface area (Å²) in [6.45, 7) is 2.85. The molecule has 1 aromatic heterocycles. The summed E-state index contributed by atoms with van der Waals surface area (Å²) in [4.78, 5) is 41.6. The smallest absolute Gasteiger partial charge is 0.243 e. The van der Waals surface area contributed by atoms with Crippen molar-refractivity contribution in [1.82, 2.24) is 15.5 Å². The van der Waals surface area contributed by atoms with E-state index in [1.54, 1.807) is 6.07 Å². The van der Waals surface area contributed by atoms with Crippen LogP contribution in [0.4, 0.5) is 0 Å². The van der Waals surface area contributed by atoms with Crippen LogP contribution in [0.3, 0.4) is 0 Å². The molecule has 2 saturated heterocycles. The Morgan fingerprint density at radius 3 is 2.63 bits per heavy atom. The fourth-order valence-corrected chi connectivity index (χ4v) is 5.33. The lowest BCUT2D eigenvalue weighted by atomic mass is 10.1. The fourth-order valence-electron chi connectivity index (χ4n) is 4.46. The van der Waals surface area contributed by atoms with Crippen molar-refractivity contribution in [2.24, 2.45) is 5.73 Å². The Hall–Kier alpha value is -3.48. The number of amides is 3. The number of thiophene rings is 1. The van der Waals surface area contributed by atoms with E-state index in [0.717, 1.165) is 10.6 Å². The van der Waals surface area contributed by atoms with Crippen LogP contribution in [0.2, 0.25) is 0 Å². The number of hydrogen-bond acceptors (Lipinski definition) is 8. The number of carbonyl (C=O) groups excluding carboxylic acids is 3. The number of hydrogen-bond donors (Lipinski definition) is 4. The van der Waals surface area contributed by atoms with E-state index in [4.69, 9.17) is 25.4 Å². The molecule has 4 rings (SSSR count). The Kier molecular flexibility index (Phi) is 8.97. The van der Waals surface area contributed by atoms with Crippen LogP contribution >= 0.6 is 11.3 Å². The number of benzene rings is 1. The van der Waals surface area contributed by atoms with Gasteiger partial charge in [-0.15, -0.1) is 11.3 Å². The van der Waals surface area contributed by atoms with Gasteiger partial charge in [-0.25, -0.2) is 0 Å². The Balaban J connectivity index is 1.30. The van der Waals surface area contributed by atoms with Crippen molar-refractivity contribution in [2.75, 3.05) is 32.9 Å². The molecule has 1 aromatic carbocycles. The van der Waals surface area contributed by atoms with Gasteiger partial charge in [-0.3, -0.25) is 19.8 Å². The third-order valence-electron chi connectivity index (χ3n) is 6.40. The highest BCUT2D eigenvalue weighted by molar-refractivity contribution is 7.14. The molecule has 3 heterocycles. The molecular weight excluding hydrogens is 510 g/mol. The van der Waals surface area contributed by atoms with Gasteiger partial charge >= 0.3 is 0 Å². The number of nitrogens with zero attached hydrogens (tertiary/aromatic N) is 1. The van der Waals surface area contributed by atoms with Crippen molar-refractivity contribution in [3.63, 3.8) is 0 Å². The van der Waals surface area contributed by atoms with Gasteiger partial charge in [0.25, 0.3) is 0 Å². The van der Waals surface area contributed by atoms with E-state index in [0.29, 0.717) is 31.1 Å². The summed E-state index contributed by atoms with van der Waals surface area (Å²) in [5, 5.41) is 13.2. The van der Waals surface area contributed by atoms with Gasteiger partial charge in [0, 0.05) is 17.7 Å². The summed E-state index contributed by atoms with van der Waals surface area (Å²) in [5.74, 6) is -1.33. The highest BCUT2D eigenvalue weighted by Gasteiger charge is 2.52. The van der Waals surface area contributed by atoms with Crippen LogP contribution in [0.25, 0.3) is 0 Å². The second-order valence-electron chi connectivity index (χ2n) is 9.24. The minimum absolute atomic E-state index is 0.0319. The molecule has 0 aliphatic carbocycles. The van der Waals surface area contributed by atoms with Crippen LogP contribution in [0.15, 0.2) is 42.5 Å². The highest BCUT2D eigenvalue weighted by Crippen LogP contribution is 2.35. The van der Waals surface area contributed by atoms with Crippen LogP contribution in [-0.2, 0) is 23.9 Å². The predicted molar refractivity (Wildman–Crippen MR) is 141 cm³/mol. The molecule has 0 saturated carbocycles. The number of likely N-dealkylation sites (tertiary alicyclic amines) is 1. The SMILES string of the molecule is C[C@@H](NC(=O)C1CC2(CN1C(=O)CNC(=O)CCCOc1ccccc1)OCCO2)c1ccc(C(=N)N)s1. The first kappa shape index (κ1) is 27.6. The van der Waals surface area contributed by atoms with Gasteiger partial charge in [0.1, 0.15) is 17.6 Å². The average molecular weight is 544 g/mol. The zero-order valence-electron chi connectivity index (χ0n) is 21.2. The third kappa shape index (κ3) is 6.88. The van der Waals surface area contributed by atoms with Gasteiger partial charge in [-0.1, -0.05) is 18.2 Å². The lowest BCUT2D eigenvalue weighted by Crippen LogP contribution is -2.49. The van der Waals surface area contributed by atoms with E-state index >= 15 is 0 Å². The average Bonchev–Trinajstić information content (AvgIpc) is 3.66. The second-order valence-corrected chi connectivity index (χ2v) is 10.4. The van der Waals surface area contributed by atoms with Crippen molar-refractivity contribution >= 4 is 34.9 Å². The summed E-state index contributed by atoms with van der Waals surface area (Å²) >= 11 is 1.33. The van der Waals surface area contributed by atoms with Gasteiger partial charge in [0.2, 0.25) is 17.7 Å². The van der Waals surface area contributed by atoms with Crippen LogP contribution in [0, 0.1) is 5.41 Å². The number of rotatable bonds is 11. The molecule has 3 amide bonds. The first-order valence-electron chi connectivity index (χ1n) is 12.5. The van der Waals surface area contributed by atoms with Crippen LogP contribution in [0.5, 0.6) is 5.75 Å². The van der Waals surface area contributed by atoms with Gasteiger partial charge in [0.05, 0.1) is 43.8 Å². The molecular formula is C26H33N5O6S. The quantitative estimate of drug-likeness (QED) is 0.190. The number of nitrogens with one attached hydrogen (secondary N) is 3. The Morgan fingerprint density at radius 1 is 1.21 bits per heavy atom. The largest absolute Gasteiger partial charge is 0.494 e. The second kappa shape index (κ2) is 12.4. The predicted octanol–water partition coefficient (Wildman–Crippen LogP) is 1.53. The molecule has 2 aliphatic rings. The molecule has 11 nitrogen and oxygen atoms in total. The molecule has 1 unspecified atom stereocenters. The maximum absolute atomic E-state index is 13.3. The lowest BCUT2D eigenvalue weighted by Gasteiger charge is -2.25. The van der Waals surface area contributed by atoms with Crippen molar-refractivity contribution in [3.8, 4) is 5.75 Å². The third-order valence-corrected chi connectivity index (χ3v) is 7.70. The number of carbonyl (C=O) groups is 3. The summed E-state index contributed by atoms with van der Waals surface area (Å²) in [5.41, 5.74) is 5.55. The Morgan fingerprint density at radius 2 is 1.95 bits per heavy atom. The van der Waals surface area contributed by atoms with Gasteiger partial charge in [0.15, 0.2) is 5.79 Å². The van der Waals surface area contributed by atoms with E-state index in [9.17, 15) is 14.4 Å².